The molecule has 5 heterocycles. The van der Waals surface area contributed by atoms with Crippen molar-refractivity contribution in [1.82, 2.24) is 48.5 Å². The second-order valence-corrected chi connectivity index (χ2v) is 16.7. The number of para-hydroxylation sites is 2. The maximum atomic E-state index is 13.8. The summed E-state index contributed by atoms with van der Waals surface area (Å²) in [5.41, 5.74) is 10.2. The monoisotopic (exact) mass is 875 g/mol. The van der Waals surface area contributed by atoms with Gasteiger partial charge in [-0.15, -0.1) is 0 Å². The van der Waals surface area contributed by atoms with E-state index in [0.717, 1.165) is 17.8 Å². The van der Waals surface area contributed by atoms with E-state index in [2.05, 4.69) is 25.7 Å². The number of aryl methyl sites for hydroxylation is 4. The van der Waals surface area contributed by atoms with Crippen molar-refractivity contribution in [2.24, 2.45) is 5.73 Å². The van der Waals surface area contributed by atoms with Crippen molar-refractivity contribution in [3.63, 3.8) is 0 Å². The number of allylic oxidation sites excluding steroid dienone is 2. The number of ether oxygens (including phenoxy) is 2. The summed E-state index contributed by atoms with van der Waals surface area (Å²) in [7, 11) is 0. The van der Waals surface area contributed by atoms with Gasteiger partial charge in [-0.1, -0.05) is 24.3 Å². The number of benzene rings is 2. The molecule has 338 valence electrons. The summed E-state index contributed by atoms with van der Waals surface area (Å²) in [4.78, 5) is 66.1. The lowest BCUT2D eigenvalue weighted by Gasteiger charge is -2.35. The average Bonchev–Trinajstić information content (AvgIpc) is 4.02. The van der Waals surface area contributed by atoms with Gasteiger partial charge in [-0.2, -0.15) is 10.2 Å². The van der Waals surface area contributed by atoms with Crippen LogP contribution < -0.4 is 21.1 Å². The molecule has 19 heteroatoms. The van der Waals surface area contributed by atoms with E-state index in [1.807, 2.05) is 94.0 Å². The van der Waals surface area contributed by atoms with Gasteiger partial charge in [-0.3, -0.25) is 39.3 Å². The fourth-order valence-corrected chi connectivity index (χ4v) is 7.69. The lowest BCUT2D eigenvalue weighted by Crippen LogP contribution is -2.50. The molecule has 0 spiro atoms. The summed E-state index contributed by atoms with van der Waals surface area (Å²) in [5, 5.41) is 14.8. The molecule has 4 aromatic heterocycles. The highest BCUT2D eigenvalue weighted by Gasteiger charge is 2.26. The molecule has 6 aromatic rings. The minimum Gasteiger partial charge on any atom is -0.491 e. The number of amides is 4. The molecule has 1 saturated heterocycles. The predicted molar refractivity (Wildman–Crippen MR) is 243 cm³/mol. The molecule has 0 aliphatic carbocycles. The Hall–Kier alpha value is -7.02. The minimum atomic E-state index is -0.651. The number of imidazole rings is 2. The molecule has 0 atom stereocenters. The van der Waals surface area contributed by atoms with E-state index >= 15 is 0 Å². The molecule has 4 N–H and O–H groups in total. The Labute approximate surface area is 371 Å². The van der Waals surface area contributed by atoms with Crippen LogP contribution in [0.4, 0.5) is 16.7 Å². The van der Waals surface area contributed by atoms with Crippen LogP contribution in [0.25, 0.3) is 22.1 Å². The van der Waals surface area contributed by atoms with E-state index in [0.29, 0.717) is 104 Å². The Morgan fingerprint density at radius 1 is 0.781 bits per heavy atom. The summed E-state index contributed by atoms with van der Waals surface area (Å²) in [5.74, 6) is -0.399. The highest BCUT2D eigenvalue weighted by Crippen LogP contribution is 2.32. The quantitative estimate of drug-likeness (QED) is 0.0802. The first-order chi connectivity index (χ1) is 30.6. The predicted octanol–water partition coefficient (Wildman–Crippen LogP) is 5.62. The van der Waals surface area contributed by atoms with Gasteiger partial charge in [0.2, 0.25) is 17.8 Å². The number of carbonyl (C=O) groups is 4. The van der Waals surface area contributed by atoms with Gasteiger partial charge in [-0.05, 0) is 91.3 Å². The Balaban J connectivity index is 1.14. The molecule has 64 heavy (non-hydrogen) atoms. The Morgan fingerprint density at radius 3 is 1.95 bits per heavy atom. The molecule has 0 unspecified atom stereocenters. The summed E-state index contributed by atoms with van der Waals surface area (Å²) in [6.07, 6.45) is 4.22. The highest BCUT2D eigenvalue weighted by molar-refractivity contribution is 6.04. The molecule has 7 rings (SSSR count). The molecular formula is C45H57N13O6. The minimum absolute atomic E-state index is 0.206. The number of piperazine rings is 1. The van der Waals surface area contributed by atoms with Crippen LogP contribution in [-0.2, 0) is 30.9 Å². The second kappa shape index (κ2) is 19.2. The number of aromatic nitrogens is 8. The zero-order valence-electron chi connectivity index (χ0n) is 37.6. The molecule has 1 aliphatic heterocycles. The Kier molecular flexibility index (Phi) is 13.5. The fourth-order valence-electron chi connectivity index (χ4n) is 7.69. The maximum Gasteiger partial charge on any atom is 0.410 e. The normalized spacial score (nSPS) is 13.6. The van der Waals surface area contributed by atoms with Crippen LogP contribution in [0, 0.1) is 13.8 Å². The number of rotatable bonds is 16. The standard InChI is InChI=1S/C45H57N13O6/c1-8-57-35(25-29(3)51-57)40(60)49-42-47-32-15-10-11-16-34(32)55(42)18-12-13-19-56-38-33(48-43(56)50-41(61)36-26-30(4)52-58(36)9-2)27-31(39(46)59)28-37(38)63-24-14-17-53-20-22-54(23-21-53)44(62)64-45(5,6)7/h10-13,15-16,25-28H,8-9,14,17-24H2,1-7H3,(H2,46,59)(H,47,49,60)(H,48,50,61)/b13-12+. The van der Waals surface area contributed by atoms with Crippen LogP contribution in [-0.4, -0.2) is 117 Å². The van der Waals surface area contributed by atoms with E-state index in [1.165, 1.54) is 0 Å². The third-order valence-electron chi connectivity index (χ3n) is 10.7. The first-order valence-corrected chi connectivity index (χ1v) is 21.6. The van der Waals surface area contributed by atoms with Crippen molar-refractivity contribution in [3.8, 4) is 5.75 Å². The zero-order valence-corrected chi connectivity index (χ0v) is 37.6. The van der Waals surface area contributed by atoms with Crippen molar-refractivity contribution in [1.29, 1.82) is 0 Å². The van der Waals surface area contributed by atoms with Crippen molar-refractivity contribution in [3.05, 3.63) is 89.0 Å². The van der Waals surface area contributed by atoms with Crippen molar-refractivity contribution < 1.29 is 28.7 Å². The molecule has 4 amide bonds. The lowest BCUT2D eigenvalue weighted by molar-refractivity contribution is 0.0141. The van der Waals surface area contributed by atoms with E-state index in [9.17, 15) is 19.2 Å². The molecule has 0 saturated carbocycles. The lowest BCUT2D eigenvalue weighted by atomic mass is 10.1. The van der Waals surface area contributed by atoms with E-state index < -0.39 is 17.4 Å². The number of carbonyl (C=O) groups excluding carboxylic acids is 4. The van der Waals surface area contributed by atoms with Gasteiger partial charge in [0, 0.05) is 64.5 Å². The molecule has 19 nitrogen and oxygen atoms in total. The van der Waals surface area contributed by atoms with Crippen LogP contribution in [0.5, 0.6) is 5.75 Å². The van der Waals surface area contributed by atoms with Gasteiger partial charge >= 0.3 is 6.09 Å². The smallest absolute Gasteiger partial charge is 0.410 e. The van der Waals surface area contributed by atoms with Crippen LogP contribution in [0.2, 0.25) is 0 Å². The molecular weight excluding hydrogens is 819 g/mol. The first-order valence-electron chi connectivity index (χ1n) is 21.6. The summed E-state index contributed by atoms with van der Waals surface area (Å²) >= 11 is 0. The van der Waals surface area contributed by atoms with Crippen molar-refractivity contribution in [2.45, 2.75) is 86.7 Å². The van der Waals surface area contributed by atoms with Gasteiger partial charge in [0.05, 0.1) is 34.5 Å². The number of fused-ring (bicyclic) bond motifs is 2. The number of anilines is 2. The van der Waals surface area contributed by atoms with Crippen LogP contribution in [0.15, 0.2) is 60.7 Å². The van der Waals surface area contributed by atoms with E-state index in [-0.39, 0.29) is 30.1 Å². The second-order valence-electron chi connectivity index (χ2n) is 16.7. The summed E-state index contributed by atoms with van der Waals surface area (Å²) in [6, 6.07) is 14.3. The van der Waals surface area contributed by atoms with Gasteiger partial charge in [-0.25, -0.2) is 14.8 Å². The summed E-state index contributed by atoms with van der Waals surface area (Å²) in [6.45, 7) is 18.2. The third-order valence-corrected chi connectivity index (χ3v) is 10.7. The van der Waals surface area contributed by atoms with E-state index in [1.54, 1.807) is 38.5 Å². The van der Waals surface area contributed by atoms with Gasteiger partial charge in [0.25, 0.3) is 11.8 Å². The SMILES string of the molecule is CCn1nc(C)cc1C(=O)Nc1nc2ccccc2n1C/C=C/Cn1c(NC(=O)c2cc(C)nn2CC)nc2cc(C(N)=O)cc(OCCCN3CCN(C(=O)OC(C)(C)C)CC3)c21. The number of nitrogens with zero attached hydrogens (tertiary/aromatic N) is 10. The van der Waals surface area contributed by atoms with Crippen LogP contribution >= 0.6 is 0 Å². The molecule has 0 bridgehead atoms. The number of hydrogen-bond donors (Lipinski definition) is 3. The molecule has 1 fully saturated rings. The third kappa shape index (κ3) is 10.3. The number of hydrogen-bond acceptors (Lipinski definition) is 11. The van der Waals surface area contributed by atoms with Crippen molar-refractivity contribution >= 4 is 57.8 Å². The van der Waals surface area contributed by atoms with Crippen molar-refractivity contribution in [2.75, 3.05) is 50.0 Å². The molecule has 0 radical (unpaired) electrons. The van der Waals surface area contributed by atoms with Gasteiger partial charge in [0.1, 0.15) is 28.3 Å². The maximum absolute atomic E-state index is 13.8. The largest absolute Gasteiger partial charge is 0.491 e. The summed E-state index contributed by atoms with van der Waals surface area (Å²) < 4.78 is 19.0. The zero-order chi connectivity index (χ0) is 45.7. The topological polar surface area (TPSA) is 215 Å². The number of nitrogens with two attached hydrogens (primary N) is 1. The fraction of sp³-hybridized carbons (Fsp3) is 0.422. The average molecular weight is 876 g/mol. The van der Waals surface area contributed by atoms with E-state index in [4.69, 9.17) is 25.2 Å². The van der Waals surface area contributed by atoms with Crippen LogP contribution in [0.1, 0.15) is 83.8 Å². The first kappa shape index (κ1) is 45.0. The molecule has 2 aromatic carbocycles. The van der Waals surface area contributed by atoms with Crippen LogP contribution in [0.3, 0.4) is 0 Å². The molecule has 1 aliphatic rings. The van der Waals surface area contributed by atoms with Gasteiger partial charge in [0.15, 0.2) is 0 Å². The number of primary amides is 1. The Morgan fingerprint density at radius 2 is 1.36 bits per heavy atom. The number of nitrogens with one attached hydrogen (secondary N) is 2. The highest BCUT2D eigenvalue weighted by atomic mass is 16.6. The van der Waals surface area contributed by atoms with Gasteiger partial charge < -0.3 is 29.2 Å². The Bertz CT molecular complexity index is 2710.